The van der Waals surface area contributed by atoms with E-state index < -0.39 is 17.9 Å². The lowest BCUT2D eigenvalue weighted by Crippen LogP contribution is -2.41. The first-order chi connectivity index (χ1) is 11.0. The molecule has 0 bridgehead atoms. The number of benzene rings is 1. The van der Waals surface area contributed by atoms with E-state index in [2.05, 4.69) is 5.32 Å². The van der Waals surface area contributed by atoms with Gasteiger partial charge in [-0.25, -0.2) is 4.79 Å². The predicted octanol–water partition coefficient (Wildman–Crippen LogP) is 3.19. The molecule has 2 N–H and O–H groups in total. The Balaban J connectivity index is 2.16. The van der Waals surface area contributed by atoms with Crippen LogP contribution >= 0.6 is 11.8 Å². The molecule has 0 saturated heterocycles. The number of nitrogens with one attached hydrogen (secondary N) is 1. The highest BCUT2D eigenvalue weighted by molar-refractivity contribution is 7.98. The lowest BCUT2D eigenvalue weighted by molar-refractivity contribution is -0.139. The molecule has 122 valence electrons. The van der Waals surface area contributed by atoms with Gasteiger partial charge in [0.1, 0.15) is 17.6 Å². The van der Waals surface area contributed by atoms with E-state index in [0.29, 0.717) is 29.3 Å². The number of carbonyl (C=O) groups is 2. The molecule has 0 spiro atoms. The Morgan fingerprint density at radius 2 is 2.00 bits per heavy atom. The second-order valence-corrected chi connectivity index (χ2v) is 6.08. The molecule has 0 aliphatic carbocycles. The highest BCUT2D eigenvalue weighted by atomic mass is 32.2. The molecule has 1 amide bonds. The standard InChI is InChI=1S/C17H19NO4S/c1-11-13(10-15(22-11)12-6-4-3-5-7-12)16(19)18-14(17(20)21)8-9-23-2/h3-7,10,14H,8-9H2,1-2H3,(H,18,19)(H,20,21)/t14-/m1/s1. The fourth-order valence-corrected chi connectivity index (χ4v) is 2.65. The van der Waals surface area contributed by atoms with Crippen LogP contribution < -0.4 is 5.32 Å². The number of amides is 1. The lowest BCUT2D eigenvalue weighted by atomic mass is 10.1. The Bertz CT molecular complexity index is 681. The van der Waals surface area contributed by atoms with Gasteiger partial charge < -0.3 is 14.8 Å². The molecule has 0 radical (unpaired) electrons. The van der Waals surface area contributed by atoms with Crippen LogP contribution in [0.1, 0.15) is 22.5 Å². The summed E-state index contributed by atoms with van der Waals surface area (Å²) >= 11 is 1.54. The van der Waals surface area contributed by atoms with Crippen LogP contribution in [0.5, 0.6) is 0 Å². The first-order valence-electron chi connectivity index (χ1n) is 7.21. The quantitative estimate of drug-likeness (QED) is 0.813. The fraction of sp³-hybridized carbons (Fsp3) is 0.294. The molecule has 1 atom stereocenters. The van der Waals surface area contributed by atoms with Crippen molar-refractivity contribution in [2.24, 2.45) is 0 Å². The van der Waals surface area contributed by atoms with Crippen molar-refractivity contribution in [3.05, 3.63) is 47.7 Å². The fourth-order valence-electron chi connectivity index (χ4n) is 2.18. The average molecular weight is 333 g/mol. The molecule has 0 aliphatic heterocycles. The van der Waals surface area contributed by atoms with Gasteiger partial charge in [-0.3, -0.25) is 4.79 Å². The minimum absolute atomic E-state index is 0.360. The number of carbonyl (C=O) groups excluding carboxylic acids is 1. The van der Waals surface area contributed by atoms with Gasteiger partial charge in [0.25, 0.3) is 5.91 Å². The number of hydrogen-bond donors (Lipinski definition) is 2. The molecule has 2 rings (SSSR count). The highest BCUT2D eigenvalue weighted by Gasteiger charge is 2.23. The van der Waals surface area contributed by atoms with Gasteiger partial charge in [-0.1, -0.05) is 30.3 Å². The first-order valence-corrected chi connectivity index (χ1v) is 8.60. The summed E-state index contributed by atoms with van der Waals surface area (Å²) in [6.07, 6.45) is 2.28. The second-order valence-electron chi connectivity index (χ2n) is 5.09. The van der Waals surface area contributed by atoms with Crippen molar-refractivity contribution in [2.75, 3.05) is 12.0 Å². The van der Waals surface area contributed by atoms with Crippen molar-refractivity contribution >= 4 is 23.6 Å². The maximum atomic E-state index is 12.3. The molecule has 1 aromatic heterocycles. The van der Waals surface area contributed by atoms with E-state index >= 15 is 0 Å². The van der Waals surface area contributed by atoms with E-state index in [0.717, 1.165) is 5.56 Å². The summed E-state index contributed by atoms with van der Waals surface area (Å²) in [6, 6.07) is 10.2. The van der Waals surface area contributed by atoms with E-state index in [1.165, 1.54) is 0 Å². The third kappa shape index (κ3) is 4.39. The lowest BCUT2D eigenvalue weighted by Gasteiger charge is -2.13. The number of carboxylic acid groups (broad SMARTS) is 1. The number of aryl methyl sites for hydroxylation is 1. The summed E-state index contributed by atoms with van der Waals surface area (Å²) in [6.45, 7) is 1.69. The molecule has 5 nitrogen and oxygen atoms in total. The van der Waals surface area contributed by atoms with Crippen LogP contribution in [0.3, 0.4) is 0 Å². The first kappa shape index (κ1) is 17.1. The van der Waals surface area contributed by atoms with Crippen LogP contribution in [0.4, 0.5) is 0 Å². The SMILES string of the molecule is CSCC[C@@H](NC(=O)c1cc(-c2ccccc2)oc1C)C(=O)O. The van der Waals surface area contributed by atoms with Gasteiger partial charge in [-0.05, 0) is 31.4 Å². The van der Waals surface area contributed by atoms with Crippen LogP contribution in [0.15, 0.2) is 40.8 Å². The topological polar surface area (TPSA) is 79.5 Å². The van der Waals surface area contributed by atoms with Gasteiger partial charge in [0.2, 0.25) is 0 Å². The van der Waals surface area contributed by atoms with Crippen molar-refractivity contribution in [3.63, 3.8) is 0 Å². The van der Waals surface area contributed by atoms with Crippen molar-refractivity contribution in [1.82, 2.24) is 5.32 Å². The van der Waals surface area contributed by atoms with Crippen molar-refractivity contribution < 1.29 is 19.1 Å². The molecule has 6 heteroatoms. The Kier molecular flexibility index (Phi) is 5.87. The summed E-state index contributed by atoms with van der Waals surface area (Å²) in [5.41, 5.74) is 1.23. The van der Waals surface area contributed by atoms with E-state index in [9.17, 15) is 14.7 Å². The number of hydrogen-bond acceptors (Lipinski definition) is 4. The number of aliphatic carboxylic acids is 1. The van der Waals surface area contributed by atoms with Gasteiger partial charge in [-0.15, -0.1) is 0 Å². The molecule has 23 heavy (non-hydrogen) atoms. The number of thioether (sulfide) groups is 1. The summed E-state index contributed by atoms with van der Waals surface area (Å²) in [4.78, 5) is 23.6. The normalized spacial score (nSPS) is 11.9. The average Bonchev–Trinajstić information content (AvgIpc) is 2.94. The maximum absolute atomic E-state index is 12.3. The maximum Gasteiger partial charge on any atom is 0.326 e. The van der Waals surface area contributed by atoms with Gasteiger partial charge >= 0.3 is 5.97 Å². The summed E-state index contributed by atoms with van der Waals surface area (Å²) in [7, 11) is 0. The predicted molar refractivity (Wildman–Crippen MR) is 90.8 cm³/mol. The summed E-state index contributed by atoms with van der Waals surface area (Å²) in [5.74, 6) is 0.259. The number of furan rings is 1. The highest BCUT2D eigenvalue weighted by Crippen LogP contribution is 2.25. The van der Waals surface area contributed by atoms with Gasteiger partial charge in [-0.2, -0.15) is 11.8 Å². The molecular formula is C17H19NO4S. The Labute approximate surface area is 139 Å². The molecule has 2 aromatic rings. The van der Waals surface area contributed by atoms with Gasteiger partial charge in [0.05, 0.1) is 5.56 Å². The van der Waals surface area contributed by atoms with Crippen LogP contribution in [-0.4, -0.2) is 35.0 Å². The zero-order valence-corrected chi connectivity index (χ0v) is 13.9. The largest absolute Gasteiger partial charge is 0.480 e. The molecule has 0 aliphatic rings. The molecule has 1 aromatic carbocycles. The van der Waals surface area contributed by atoms with E-state index in [1.807, 2.05) is 36.6 Å². The molecule has 0 fully saturated rings. The smallest absolute Gasteiger partial charge is 0.326 e. The second kappa shape index (κ2) is 7.87. The molecule has 1 heterocycles. The number of carboxylic acids is 1. The minimum atomic E-state index is -1.03. The van der Waals surface area contributed by atoms with Crippen LogP contribution in [0.25, 0.3) is 11.3 Å². The van der Waals surface area contributed by atoms with E-state index in [4.69, 9.17) is 4.42 Å². The Morgan fingerprint density at radius 3 is 2.61 bits per heavy atom. The third-order valence-corrected chi connectivity index (χ3v) is 4.08. The zero-order chi connectivity index (χ0) is 16.8. The van der Waals surface area contributed by atoms with Gasteiger partial charge in [0, 0.05) is 5.56 Å². The summed E-state index contributed by atoms with van der Waals surface area (Å²) < 4.78 is 5.63. The Morgan fingerprint density at radius 1 is 1.30 bits per heavy atom. The van der Waals surface area contributed by atoms with Crippen LogP contribution in [0, 0.1) is 6.92 Å². The van der Waals surface area contributed by atoms with Crippen LogP contribution in [-0.2, 0) is 4.79 Å². The van der Waals surface area contributed by atoms with Crippen molar-refractivity contribution in [3.8, 4) is 11.3 Å². The minimum Gasteiger partial charge on any atom is -0.480 e. The molecule has 0 unspecified atom stereocenters. The zero-order valence-electron chi connectivity index (χ0n) is 13.0. The van der Waals surface area contributed by atoms with E-state index in [-0.39, 0.29) is 0 Å². The molecule has 0 saturated carbocycles. The van der Waals surface area contributed by atoms with E-state index in [1.54, 1.807) is 24.8 Å². The van der Waals surface area contributed by atoms with Crippen molar-refractivity contribution in [1.29, 1.82) is 0 Å². The molecular weight excluding hydrogens is 314 g/mol. The third-order valence-electron chi connectivity index (χ3n) is 3.43. The van der Waals surface area contributed by atoms with Gasteiger partial charge in [0.15, 0.2) is 0 Å². The Hall–Kier alpha value is -2.21. The monoisotopic (exact) mass is 333 g/mol. The summed E-state index contributed by atoms with van der Waals surface area (Å²) in [5, 5.41) is 11.8. The van der Waals surface area contributed by atoms with Crippen LogP contribution in [0.2, 0.25) is 0 Å². The van der Waals surface area contributed by atoms with Crippen molar-refractivity contribution in [2.45, 2.75) is 19.4 Å². The number of rotatable bonds is 7.